The number of hydrogen-bond donors (Lipinski definition) is 0. The molecule has 2 aromatic carbocycles. The fourth-order valence-electron chi connectivity index (χ4n) is 1.72. The second-order valence-corrected chi connectivity index (χ2v) is 4.90. The summed E-state index contributed by atoms with van der Waals surface area (Å²) in [6.45, 7) is 6.13. The van der Waals surface area contributed by atoms with Crippen molar-refractivity contribution in [1.29, 1.82) is 0 Å². The molecule has 0 aromatic heterocycles. The molecule has 0 N–H and O–H groups in total. The second-order valence-electron chi connectivity index (χ2n) is 4.49. The Bertz CT molecular complexity index is 544. The molecule has 2 rings (SSSR count). The van der Waals surface area contributed by atoms with E-state index in [0.717, 1.165) is 5.56 Å². The Kier molecular flexibility index (Phi) is 6.40. The molecule has 0 atom stereocenters. The summed E-state index contributed by atoms with van der Waals surface area (Å²) in [5.41, 5.74) is 3.64. The molecule has 0 fully saturated rings. The summed E-state index contributed by atoms with van der Waals surface area (Å²) in [5, 5.41) is 0.688. The minimum absolute atomic E-state index is 0.688. The summed E-state index contributed by atoms with van der Waals surface area (Å²) in [7, 11) is 3.20. The summed E-state index contributed by atoms with van der Waals surface area (Å²) in [5.74, 6) is 1.41. The quantitative estimate of drug-likeness (QED) is 0.778. The fraction of sp³-hybridized carbons (Fsp3) is 0.294. The number of halogens is 1. The molecule has 108 valence electrons. The molecule has 0 aliphatic carbocycles. The molecule has 0 heterocycles. The van der Waals surface area contributed by atoms with Crippen molar-refractivity contribution in [3.8, 4) is 11.5 Å². The molecule has 2 nitrogen and oxygen atoms in total. The van der Waals surface area contributed by atoms with Crippen LogP contribution in [0.25, 0.3) is 0 Å². The Hall–Kier alpha value is -1.67. The first-order valence-electron chi connectivity index (χ1n) is 6.40. The van der Waals surface area contributed by atoms with Gasteiger partial charge in [0.15, 0.2) is 11.5 Å². The van der Waals surface area contributed by atoms with Crippen LogP contribution in [-0.4, -0.2) is 14.2 Å². The highest BCUT2D eigenvalue weighted by Gasteiger charge is 2.08. The highest BCUT2D eigenvalue weighted by Crippen LogP contribution is 2.34. The highest BCUT2D eigenvalue weighted by atomic mass is 35.5. The van der Waals surface area contributed by atoms with Crippen LogP contribution in [0.1, 0.15) is 16.7 Å². The number of ether oxygens (including phenoxy) is 2. The van der Waals surface area contributed by atoms with Gasteiger partial charge in [-0.1, -0.05) is 35.9 Å². The maximum absolute atomic E-state index is 5.89. The number of aryl methyl sites for hydroxylation is 2. The van der Waals surface area contributed by atoms with Crippen molar-refractivity contribution in [2.75, 3.05) is 14.2 Å². The first kappa shape index (κ1) is 16.4. The molecule has 0 spiro atoms. The van der Waals surface area contributed by atoms with E-state index < -0.39 is 0 Å². The summed E-state index contributed by atoms with van der Waals surface area (Å²) in [6.07, 6.45) is 0. The third-order valence-electron chi connectivity index (χ3n) is 3.15. The Balaban J connectivity index is 0.000000217. The molecule has 0 aliphatic heterocycles. The van der Waals surface area contributed by atoms with E-state index in [0.29, 0.717) is 16.5 Å². The number of benzene rings is 2. The Morgan fingerprint density at radius 2 is 1.35 bits per heavy atom. The van der Waals surface area contributed by atoms with Crippen molar-refractivity contribution in [2.24, 2.45) is 0 Å². The van der Waals surface area contributed by atoms with E-state index in [1.165, 1.54) is 11.1 Å². The van der Waals surface area contributed by atoms with Gasteiger partial charge in [-0.25, -0.2) is 0 Å². The zero-order chi connectivity index (χ0) is 15.1. The van der Waals surface area contributed by atoms with Gasteiger partial charge in [-0.2, -0.15) is 0 Å². The van der Waals surface area contributed by atoms with Gasteiger partial charge < -0.3 is 9.47 Å². The molecule has 0 saturated carbocycles. The predicted molar refractivity (Wildman–Crippen MR) is 85.2 cm³/mol. The topological polar surface area (TPSA) is 18.5 Å². The molecule has 0 unspecified atom stereocenters. The second kappa shape index (κ2) is 7.81. The largest absolute Gasteiger partial charge is 0.493 e. The molecular weight excluding hydrogens is 272 g/mol. The summed E-state index contributed by atoms with van der Waals surface area (Å²) in [6, 6.07) is 11.9. The number of hydrogen-bond acceptors (Lipinski definition) is 2. The highest BCUT2D eigenvalue weighted by molar-refractivity contribution is 6.31. The SMILES string of the molecule is COc1ccc(Cl)c(C)c1OC.Cc1ccccc1C. The van der Waals surface area contributed by atoms with Crippen molar-refractivity contribution in [1.82, 2.24) is 0 Å². The zero-order valence-corrected chi connectivity index (χ0v) is 13.4. The van der Waals surface area contributed by atoms with Gasteiger partial charge in [0.1, 0.15) is 0 Å². The van der Waals surface area contributed by atoms with E-state index in [1.54, 1.807) is 26.4 Å². The van der Waals surface area contributed by atoms with Crippen molar-refractivity contribution < 1.29 is 9.47 Å². The predicted octanol–water partition coefficient (Wildman–Crippen LogP) is 4.97. The lowest BCUT2D eigenvalue weighted by Gasteiger charge is -2.10. The molecule has 0 aliphatic rings. The van der Waals surface area contributed by atoms with Gasteiger partial charge in [-0.3, -0.25) is 0 Å². The summed E-state index contributed by atoms with van der Waals surface area (Å²) >= 11 is 5.89. The van der Waals surface area contributed by atoms with Crippen molar-refractivity contribution in [3.63, 3.8) is 0 Å². The molecular formula is C17H21ClO2. The Morgan fingerprint density at radius 3 is 1.75 bits per heavy atom. The van der Waals surface area contributed by atoms with Gasteiger partial charge in [0, 0.05) is 10.6 Å². The zero-order valence-electron chi connectivity index (χ0n) is 12.7. The van der Waals surface area contributed by atoms with E-state index in [2.05, 4.69) is 38.1 Å². The maximum atomic E-state index is 5.89. The minimum Gasteiger partial charge on any atom is -0.493 e. The lowest BCUT2D eigenvalue weighted by atomic mass is 10.1. The Labute approximate surface area is 126 Å². The average Bonchev–Trinajstić information content (AvgIpc) is 2.45. The van der Waals surface area contributed by atoms with E-state index in [-0.39, 0.29) is 0 Å². The summed E-state index contributed by atoms with van der Waals surface area (Å²) in [4.78, 5) is 0. The lowest BCUT2D eigenvalue weighted by molar-refractivity contribution is 0.353. The third kappa shape index (κ3) is 4.17. The minimum atomic E-state index is 0.688. The van der Waals surface area contributed by atoms with E-state index in [4.69, 9.17) is 21.1 Å². The van der Waals surface area contributed by atoms with Gasteiger partial charge in [0.2, 0.25) is 0 Å². The van der Waals surface area contributed by atoms with Crippen LogP contribution < -0.4 is 9.47 Å². The average molecular weight is 293 g/mol. The molecule has 3 heteroatoms. The lowest BCUT2D eigenvalue weighted by Crippen LogP contribution is -1.93. The van der Waals surface area contributed by atoms with Crippen molar-refractivity contribution >= 4 is 11.6 Å². The number of rotatable bonds is 2. The molecule has 0 amide bonds. The van der Waals surface area contributed by atoms with Gasteiger partial charge in [-0.05, 0) is 44.0 Å². The van der Waals surface area contributed by atoms with Crippen LogP contribution in [0.5, 0.6) is 11.5 Å². The maximum Gasteiger partial charge on any atom is 0.165 e. The van der Waals surface area contributed by atoms with Crippen LogP contribution in [0.2, 0.25) is 5.02 Å². The molecule has 0 radical (unpaired) electrons. The van der Waals surface area contributed by atoms with Crippen LogP contribution in [0, 0.1) is 20.8 Å². The van der Waals surface area contributed by atoms with Gasteiger partial charge in [0.05, 0.1) is 14.2 Å². The van der Waals surface area contributed by atoms with Gasteiger partial charge in [-0.15, -0.1) is 0 Å². The first-order chi connectivity index (χ1) is 9.51. The van der Waals surface area contributed by atoms with Crippen LogP contribution in [0.15, 0.2) is 36.4 Å². The fourth-order valence-corrected chi connectivity index (χ4v) is 1.87. The normalized spacial score (nSPS) is 9.50. The van der Waals surface area contributed by atoms with Gasteiger partial charge in [0.25, 0.3) is 0 Å². The first-order valence-corrected chi connectivity index (χ1v) is 6.78. The third-order valence-corrected chi connectivity index (χ3v) is 3.56. The van der Waals surface area contributed by atoms with Gasteiger partial charge >= 0.3 is 0 Å². The molecule has 2 aromatic rings. The van der Waals surface area contributed by atoms with Crippen molar-refractivity contribution in [2.45, 2.75) is 20.8 Å². The molecule has 0 saturated heterocycles. The van der Waals surface area contributed by atoms with E-state index >= 15 is 0 Å². The molecule has 20 heavy (non-hydrogen) atoms. The van der Waals surface area contributed by atoms with E-state index in [9.17, 15) is 0 Å². The van der Waals surface area contributed by atoms with Crippen molar-refractivity contribution in [3.05, 3.63) is 58.1 Å². The van der Waals surface area contributed by atoms with Crippen LogP contribution in [-0.2, 0) is 0 Å². The monoisotopic (exact) mass is 292 g/mol. The standard InChI is InChI=1S/C9H11ClO2.C8H10/c1-6-7(10)4-5-8(11-2)9(6)12-3;1-7-5-3-4-6-8(7)2/h4-5H,1-3H3;3-6H,1-2H3. The van der Waals surface area contributed by atoms with Crippen LogP contribution >= 0.6 is 11.6 Å². The summed E-state index contributed by atoms with van der Waals surface area (Å²) < 4.78 is 10.2. The molecule has 0 bridgehead atoms. The smallest absolute Gasteiger partial charge is 0.165 e. The van der Waals surface area contributed by atoms with Crippen LogP contribution in [0.3, 0.4) is 0 Å². The van der Waals surface area contributed by atoms with E-state index in [1.807, 2.05) is 6.92 Å². The number of methoxy groups -OCH3 is 2. The Morgan fingerprint density at radius 1 is 0.800 bits per heavy atom. The van der Waals surface area contributed by atoms with Crippen LogP contribution in [0.4, 0.5) is 0 Å².